The fourth-order valence-corrected chi connectivity index (χ4v) is 1.43. The summed E-state index contributed by atoms with van der Waals surface area (Å²) in [7, 11) is 0. The lowest BCUT2D eigenvalue weighted by atomic mass is 9.83. The van der Waals surface area contributed by atoms with E-state index in [1.165, 1.54) is 0 Å². The van der Waals surface area contributed by atoms with Gasteiger partial charge in [0.25, 0.3) is 0 Å². The number of allylic oxidation sites excluding steroid dienone is 1. The number of carboxylic acid groups (broad SMARTS) is 1. The van der Waals surface area contributed by atoms with Gasteiger partial charge in [-0.3, -0.25) is 4.79 Å². The molecule has 86 valence electrons. The van der Waals surface area contributed by atoms with E-state index in [0.29, 0.717) is 0 Å². The van der Waals surface area contributed by atoms with Gasteiger partial charge >= 0.3 is 5.97 Å². The van der Waals surface area contributed by atoms with Crippen molar-refractivity contribution in [2.45, 2.75) is 27.2 Å². The van der Waals surface area contributed by atoms with Crippen LogP contribution in [0, 0.1) is 5.41 Å². The Morgan fingerprint density at radius 3 is 2.12 bits per heavy atom. The fraction of sp³-hybridized carbons (Fsp3) is 0.357. The van der Waals surface area contributed by atoms with Crippen molar-refractivity contribution in [3.8, 4) is 0 Å². The highest BCUT2D eigenvalue weighted by atomic mass is 16.4. The van der Waals surface area contributed by atoms with Crippen molar-refractivity contribution in [1.29, 1.82) is 0 Å². The molecule has 2 heteroatoms. The summed E-state index contributed by atoms with van der Waals surface area (Å²) in [5.74, 6) is -0.803. The van der Waals surface area contributed by atoms with Gasteiger partial charge in [-0.15, -0.1) is 0 Å². The third-order valence-corrected chi connectivity index (χ3v) is 2.56. The first-order valence-electron chi connectivity index (χ1n) is 5.31. The zero-order chi connectivity index (χ0) is 12.3. The molecule has 1 aromatic rings. The summed E-state index contributed by atoms with van der Waals surface area (Å²) in [6.07, 6.45) is 0.0717. The standard InChI is InChI=1S/C14H18O2/c1-10(14(2,3)4)12-7-5-11(6-8-12)9-13(15)16/h5-8H,1,9H2,2-4H3,(H,15,16). The van der Waals surface area contributed by atoms with Gasteiger partial charge in [-0.2, -0.15) is 0 Å². The average molecular weight is 218 g/mol. The Labute approximate surface area is 96.6 Å². The van der Waals surface area contributed by atoms with Crippen LogP contribution in [0.15, 0.2) is 30.8 Å². The SMILES string of the molecule is C=C(c1ccc(CC(=O)O)cc1)C(C)(C)C. The summed E-state index contributed by atoms with van der Waals surface area (Å²) in [6, 6.07) is 7.57. The van der Waals surface area contributed by atoms with E-state index in [9.17, 15) is 4.79 Å². The van der Waals surface area contributed by atoms with Crippen molar-refractivity contribution in [2.75, 3.05) is 0 Å². The molecule has 0 aromatic heterocycles. The first-order valence-corrected chi connectivity index (χ1v) is 5.31. The molecule has 0 heterocycles. The van der Waals surface area contributed by atoms with Gasteiger partial charge in [0.05, 0.1) is 6.42 Å². The Morgan fingerprint density at radius 2 is 1.75 bits per heavy atom. The van der Waals surface area contributed by atoms with Gasteiger partial charge in [-0.25, -0.2) is 0 Å². The molecule has 0 fully saturated rings. The number of benzene rings is 1. The van der Waals surface area contributed by atoms with Crippen LogP contribution in [0.2, 0.25) is 0 Å². The predicted molar refractivity (Wildman–Crippen MR) is 66.3 cm³/mol. The van der Waals surface area contributed by atoms with Gasteiger partial charge < -0.3 is 5.11 Å². The van der Waals surface area contributed by atoms with E-state index in [0.717, 1.165) is 16.7 Å². The second kappa shape index (κ2) is 4.52. The maximum absolute atomic E-state index is 10.5. The van der Waals surface area contributed by atoms with Crippen molar-refractivity contribution in [3.63, 3.8) is 0 Å². The lowest BCUT2D eigenvalue weighted by molar-refractivity contribution is -0.136. The van der Waals surface area contributed by atoms with Crippen LogP contribution in [-0.4, -0.2) is 11.1 Å². The highest BCUT2D eigenvalue weighted by Crippen LogP contribution is 2.32. The van der Waals surface area contributed by atoms with Crippen molar-refractivity contribution in [3.05, 3.63) is 42.0 Å². The molecule has 1 aromatic carbocycles. The zero-order valence-corrected chi connectivity index (χ0v) is 10.1. The van der Waals surface area contributed by atoms with Crippen LogP contribution in [0.5, 0.6) is 0 Å². The number of aliphatic carboxylic acids is 1. The normalized spacial score (nSPS) is 11.2. The maximum Gasteiger partial charge on any atom is 0.307 e. The highest BCUT2D eigenvalue weighted by Gasteiger charge is 2.16. The van der Waals surface area contributed by atoms with E-state index in [4.69, 9.17) is 5.11 Å². The van der Waals surface area contributed by atoms with Gasteiger partial charge in [0.1, 0.15) is 0 Å². The van der Waals surface area contributed by atoms with Crippen molar-refractivity contribution >= 4 is 11.5 Å². The first kappa shape index (κ1) is 12.5. The smallest absolute Gasteiger partial charge is 0.307 e. The van der Waals surface area contributed by atoms with Gasteiger partial charge in [-0.1, -0.05) is 51.6 Å². The summed E-state index contributed by atoms with van der Waals surface area (Å²) in [5, 5.41) is 8.66. The molecule has 16 heavy (non-hydrogen) atoms. The minimum Gasteiger partial charge on any atom is -0.481 e. The molecule has 0 radical (unpaired) electrons. The molecular weight excluding hydrogens is 200 g/mol. The Bertz CT molecular complexity index is 394. The van der Waals surface area contributed by atoms with Gasteiger partial charge in [0.15, 0.2) is 0 Å². The first-order chi connectivity index (χ1) is 7.30. The largest absolute Gasteiger partial charge is 0.481 e. The molecule has 0 spiro atoms. The molecule has 2 nitrogen and oxygen atoms in total. The number of hydrogen-bond donors (Lipinski definition) is 1. The van der Waals surface area contributed by atoms with Crippen LogP contribution < -0.4 is 0 Å². The Morgan fingerprint density at radius 1 is 1.25 bits per heavy atom. The summed E-state index contributed by atoms with van der Waals surface area (Å²) >= 11 is 0. The molecule has 0 unspecified atom stereocenters. The molecule has 0 bridgehead atoms. The van der Waals surface area contributed by atoms with E-state index >= 15 is 0 Å². The van der Waals surface area contributed by atoms with Gasteiger partial charge in [-0.05, 0) is 22.1 Å². The number of carboxylic acids is 1. The van der Waals surface area contributed by atoms with Crippen LogP contribution >= 0.6 is 0 Å². The quantitative estimate of drug-likeness (QED) is 0.844. The maximum atomic E-state index is 10.5. The molecule has 0 amide bonds. The molecule has 0 aliphatic heterocycles. The van der Waals surface area contributed by atoms with Gasteiger partial charge in [0, 0.05) is 0 Å². The number of rotatable bonds is 3. The highest BCUT2D eigenvalue weighted by molar-refractivity contribution is 5.71. The summed E-state index contributed by atoms with van der Waals surface area (Å²) in [4.78, 5) is 10.5. The van der Waals surface area contributed by atoms with E-state index in [-0.39, 0.29) is 11.8 Å². The van der Waals surface area contributed by atoms with E-state index in [2.05, 4.69) is 27.4 Å². The van der Waals surface area contributed by atoms with Crippen molar-refractivity contribution in [1.82, 2.24) is 0 Å². The third-order valence-electron chi connectivity index (χ3n) is 2.56. The lowest BCUT2D eigenvalue weighted by Crippen LogP contribution is -2.07. The Balaban J connectivity index is 2.87. The molecule has 0 atom stereocenters. The summed E-state index contributed by atoms with van der Waals surface area (Å²) < 4.78 is 0. The third kappa shape index (κ3) is 3.23. The van der Waals surface area contributed by atoms with E-state index in [1.54, 1.807) is 0 Å². The van der Waals surface area contributed by atoms with Gasteiger partial charge in [0.2, 0.25) is 0 Å². The molecule has 1 N–H and O–H groups in total. The molecule has 0 saturated heterocycles. The fourth-order valence-electron chi connectivity index (χ4n) is 1.43. The van der Waals surface area contributed by atoms with Crippen LogP contribution in [-0.2, 0) is 11.2 Å². The summed E-state index contributed by atoms with van der Waals surface area (Å²) in [5.41, 5.74) is 2.99. The minimum absolute atomic E-state index is 0.0360. The Hall–Kier alpha value is -1.57. The molecule has 0 saturated carbocycles. The van der Waals surface area contributed by atoms with Crippen LogP contribution in [0.25, 0.3) is 5.57 Å². The lowest BCUT2D eigenvalue weighted by Gasteiger charge is -2.22. The summed E-state index contributed by atoms with van der Waals surface area (Å²) in [6.45, 7) is 10.4. The molecule has 0 aliphatic carbocycles. The monoisotopic (exact) mass is 218 g/mol. The van der Waals surface area contributed by atoms with Crippen molar-refractivity contribution in [2.24, 2.45) is 5.41 Å². The number of carbonyl (C=O) groups is 1. The zero-order valence-electron chi connectivity index (χ0n) is 10.1. The van der Waals surface area contributed by atoms with Crippen LogP contribution in [0.1, 0.15) is 31.9 Å². The van der Waals surface area contributed by atoms with Crippen LogP contribution in [0.4, 0.5) is 0 Å². The predicted octanol–water partition coefficient (Wildman–Crippen LogP) is 3.37. The average Bonchev–Trinajstić information content (AvgIpc) is 2.15. The topological polar surface area (TPSA) is 37.3 Å². The Kier molecular flexibility index (Phi) is 3.53. The minimum atomic E-state index is -0.803. The second-order valence-electron chi connectivity index (χ2n) is 5.00. The molecule has 1 rings (SSSR count). The van der Waals surface area contributed by atoms with E-state index < -0.39 is 5.97 Å². The van der Waals surface area contributed by atoms with Crippen molar-refractivity contribution < 1.29 is 9.90 Å². The van der Waals surface area contributed by atoms with E-state index in [1.807, 2.05) is 24.3 Å². The molecular formula is C14H18O2. The number of hydrogen-bond acceptors (Lipinski definition) is 1. The molecule has 0 aliphatic rings. The second-order valence-corrected chi connectivity index (χ2v) is 5.00. The van der Waals surface area contributed by atoms with Crippen LogP contribution in [0.3, 0.4) is 0 Å².